The number of carbonyl (C=O) groups excluding carboxylic acids is 2. The minimum atomic E-state index is -1.79. The number of carboxylic acid groups (broad SMARTS) is 1. The number of ketones is 1. The lowest BCUT2D eigenvalue weighted by atomic mass is 10.2. The van der Waals surface area contributed by atoms with Crippen molar-refractivity contribution in [3.8, 4) is 0 Å². The Hall–Kier alpha value is -2.18. The van der Waals surface area contributed by atoms with Crippen LogP contribution in [0.15, 0.2) is 6.20 Å². The minimum absolute atomic E-state index is 0.0473. The summed E-state index contributed by atoms with van der Waals surface area (Å²) >= 11 is 0. The number of ether oxygens (including phenoxy) is 1. The van der Waals surface area contributed by atoms with Gasteiger partial charge in [0.25, 0.3) is 5.78 Å². The average Bonchev–Trinajstić information content (AvgIpc) is 2.53. The summed E-state index contributed by atoms with van der Waals surface area (Å²) < 4.78 is 19.3. The maximum absolute atomic E-state index is 13.7. The van der Waals surface area contributed by atoms with Crippen LogP contribution in [0.1, 0.15) is 27.8 Å². The zero-order valence-electron chi connectivity index (χ0n) is 9.19. The second-order valence-electron chi connectivity index (χ2n) is 3.17. The molecule has 0 unspecified atom stereocenters. The number of nitrogens with zero attached hydrogens (tertiary/aromatic N) is 1. The van der Waals surface area contributed by atoms with Crippen molar-refractivity contribution < 1.29 is 28.6 Å². The van der Waals surface area contributed by atoms with Crippen molar-refractivity contribution in [2.75, 3.05) is 6.61 Å². The van der Waals surface area contributed by atoms with Crippen molar-refractivity contribution in [1.29, 1.82) is 0 Å². The Kier molecular flexibility index (Phi) is 3.62. The molecule has 1 aromatic rings. The zero-order valence-corrected chi connectivity index (χ0v) is 9.19. The van der Waals surface area contributed by atoms with E-state index in [-0.39, 0.29) is 6.61 Å². The van der Waals surface area contributed by atoms with Gasteiger partial charge in [-0.1, -0.05) is 0 Å². The topological polar surface area (TPSA) is 85.6 Å². The van der Waals surface area contributed by atoms with Crippen LogP contribution in [0.25, 0.3) is 0 Å². The van der Waals surface area contributed by atoms with E-state index < -0.39 is 34.8 Å². The number of aliphatic carboxylic acids is 1. The number of aromatic nitrogens is 1. The van der Waals surface area contributed by atoms with Crippen molar-refractivity contribution >= 4 is 17.7 Å². The molecule has 92 valence electrons. The van der Waals surface area contributed by atoms with E-state index in [1.807, 2.05) is 0 Å². The molecule has 0 fully saturated rings. The Balaban J connectivity index is 3.23. The van der Waals surface area contributed by atoms with Crippen LogP contribution in [0.4, 0.5) is 4.39 Å². The summed E-state index contributed by atoms with van der Waals surface area (Å²) in [5.74, 6) is -5.33. The Labute approximate surface area is 95.6 Å². The van der Waals surface area contributed by atoms with E-state index in [2.05, 4.69) is 4.74 Å². The predicted octanol–water partition coefficient (Wildman–Crippen LogP) is 0.608. The number of hydrogen-bond donors (Lipinski definition) is 1. The standard InChI is InChI=1S/C10H10FNO5/c1-3-17-10(16)7-6(11)5(4-12(7)2)8(13)9(14)15/h4H,3H2,1-2H3,(H,14,15). The fourth-order valence-corrected chi connectivity index (χ4v) is 1.30. The molecule has 1 N–H and O–H groups in total. The van der Waals surface area contributed by atoms with Crippen molar-refractivity contribution in [3.05, 3.63) is 23.3 Å². The third kappa shape index (κ3) is 2.32. The molecule has 0 aromatic carbocycles. The number of carbonyl (C=O) groups is 3. The first-order valence-electron chi connectivity index (χ1n) is 4.69. The van der Waals surface area contributed by atoms with Crippen LogP contribution in [0.3, 0.4) is 0 Å². The maximum atomic E-state index is 13.7. The molecule has 0 saturated carbocycles. The Morgan fingerprint density at radius 1 is 1.47 bits per heavy atom. The van der Waals surface area contributed by atoms with E-state index in [9.17, 15) is 18.8 Å². The number of aryl methyl sites for hydroxylation is 1. The van der Waals surface area contributed by atoms with Crippen molar-refractivity contribution in [1.82, 2.24) is 4.57 Å². The maximum Gasteiger partial charge on any atom is 0.377 e. The molecule has 0 aliphatic carbocycles. The quantitative estimate of drug-likeness (QED) is 0.475. The summed E-state index contributed by atoms with van der Waals surface area (Å²) in [6, 6.07) is 0. The molecule has 1 heterocycles. The SMILES string of the molecule is CCOC(=O)c1c(F)c(C(=O)C(=O)O)cn1C. The third-order valence-corrected chi connectivity index (χ3v) is 2.03. The number of halogens is 1. The summed E-state index contributed by atoms with van der Waals surface area (Å²) in [5.41, 5.74) is -1.14. The fraction of sp³-hybridized carbons (Fsp3) is 0.300. The average molecular weight is 243 g/mol. The molecule has 17 heavy (non-hydrogen) atoms. The number of hydrogen-bond acceptors (Lipinski definition) is 4. The lowest BCUT2D eigenvalue weighted by Crippen LogP contribution is -2.14. The molecule has 0 saturated heterocycles. The van der Waals surface area contributed by atoms with E-state index in [0.29, 0.717) is 0 Å². The van der Waals surface area contributed by atoms with Gasteiger partial charge in [0, 0.05) is 13.2 Å². The fourth-order valence-electron chi connectivity index (χ4n) is 1.30. The van der Waals surface area contributed by atoms with Crippen molar-refractivity contribution in [3.63, 3.8) is 0 Å². The van der Waals surface area contributed by atoms with Gasteiger partial charge in [-0.15, -0.1) is 0 Å². The molecular formula is C10H10FNO5. The van der Waals surface area contributed by atoms with Gasteiger partial charge in [-0.25, -0.2) is 14.0 Å². The summed E-state index contributed by atoms with van der Waals surface area (Å²) in [4.78, 5) is 32.9. The first-order chi connectivity index (χ1) is 7.90. The third-order valence-electron chi connectivity index (χ3n) is 2.03. The second kappa shape index (κ2) is 4.77. The Morgan fingerprint density at radius 2 is 2.06 bits per heavy atom. The normalized spacial score (nSPS) is 10.1. The van der Waals surface area contributed by atoms with Crippen LogP contribution in [-0.2, 0) is 16.6 Å². The summed E-state index contributed by atoms with van der Waals surface area (Å²) in [7, 11) is 1.31. The lowest BCUT2D eigenvalue weighted by Gasteiger charge is -2.02. The molecule has 0 aliphatic rings. The largest absolute Gasteiger partial charge is 0.475 e. The van der Waals surface area contributed by atoms with Crippen LogP contribution in [0.5, 0.6) is 0 Å². The molecule has 0 aliphatic heterocycles. The molecule has 7 heteroatoms. The van der Waals surface area contributed by atoms with Gasteiger partial charge in [-0.3, -0.25) is 4.79 Å². The molecule has 1 aromatic heterocycles. The molecule has 0 spiro atoms. The molecule has 0 atom stereocenters. The van der Waals surface area contributed by atoms with Gasteiger partial charge in [-0.2, -0.15) is 0 Å². The van der Waals surface area contributed by atoms with Gasteiger partial charge in [-0.05, 0) is 6.92 Å². The first-order valence-corrected chi connectivity index (χ1v) is 4.69. The van der Waals surface area contributed by atoms with Gasteiger partial charge in [0.15, 0.2) is 11.5 Å². The van der Waals surface area contributed by atoms with Gasteiger partial charge < -0.3 is 14.4 Å². The smallest absolute Gasteiger partial charge is 0.377 e. The number of Topliss-reactive ketones (excluding diaryl/α,β-unsaturated/α-hetero) is 1. The van der Waals surface area contributed by atoms with Crippen LogP contribution in [0.2, 0.25) is 0 Å². The van der Waals surface area contributed by atoms with E-state index in [0.717, 1.165) is 10.8 Å². The summed E-state index contributed by atoms with van der Waals surface area (Å²) in [6.45, 7) is 1.59. The van der Waals surface area contributed by atoms with Gasteiger partial charge in [0.1, 0.15) is 0 Å². The molecule has 0 radical (unpaired) electrons. The van der Waals surface area contributed by atoms with Crippen LogP contribution in [-0.4, -0.2) is 34.0 Å². The number of rotatable bonds is 4. The molecule has 6 nitrogen and oxygen atoms in total. The first kappa shape index (κ1) is 12.9. The van der Waals surface area contributed by atoms with Gasteiger partial charge in [0.05, 0.1) is 12.2 Å². The lowest BCUT2D eigenvalue weighted by molar-refractivity contribution is -0.131. The monoisotopic (exact) mass is 243 g/mol. The van der Waals surface area contributed by atoms with E-state index in [1.165, 1.54) is 7.05 Å². The molecular weight excluding hydrogens is 233 g/mol. The molecule has 0 bridgehead atoms. The minimum Gasteiger partial charge on any atom is -0.475 e. The highest BCUT2D eigenvalue weighted by Gasteiger charge is 2.28. The Bertz CT molecular complexity index is 491. The van der Waals surface area contributed by atoms with E-state index in [1.54, 1.807) is 6.92 Å². The Morgan fingerprint density at radius 3 is 2.53 bits per heavy atom. The van der Waals surface area contributed by atoms with Crippen LogP contribution >= 0.6 is 0 Å². The highest BCUT2D eigenvalue weighted by atomic mass is 19.1. The van der Waals surface area contributed by atoms with Crippen molar-refractivity contribution in [2.24, 2.45) is 7.05 Å². The highest BCUT2D eigenvalue weighted by Crippen LogP contribution is 2.16. The summed E-state index contributed by atoms with van der Waals surface area (Å²) in [6.07, 6.45) is 0.943. The number of carboxylic acids is 1. The van der Waals surface area contributed by atoms with E-state index in [4.69, 9.17) is 5.11 Å². The summed E-state index contributed by atoms with van der Waals surface area (Å²) in [5, 5.41) is 8.46. The highest BCUT2D eigenvalue weighted by molar-refractivity contribution is 6.40. The van der Waals surface area contributed by atoms with E-state index >= 15 is 0 Å². The van der Waals surface area contributed by atoms with Crippen LogP contribution < -0.4 is 0 Å². The van der Waals surface area contributed by atoms with Crippen molar-refractivity contribution in [2.45, 2.75) is 6.92 Å². The van der Waals surface area contributed by atoms with Crippen LogP contribution in [0, 0.1) is 5.82 Å². The molecule has 1 rings (SSSR count). The second-order valence-corrected chi connectivity index (χ2v) is 3.17. The predicted molar refractivity (Wildman–Crippen MR) is 53.3 cm³/mol. The zero-order chi connectivity index (χ0) is 13.2. The molecule has 0 amide bonds. The number of esters is 1. The van der Waals surface area contributed by atoms with Gasteiger partial charge in [0.2, 0.25) is 0 Å². The van der Waals surface area contributed by atoms with Gasteiger partial charge >= 0.3 is 11.9 Å².